The Morgan fingerprint density at radius 2 is 1.90 bits per heavy atom. The predicted octanol–water partition coefficient (Wildman–Crippen LogP) is 5.38. The van der Waals surface area contributed by atoms with Gasteiger partial charge in [0.25, 0.3) is 0 Å². The molecule has 0 aromatic heterocycles. The van der Waals surface area contributed by atoms with Crippen LogP contribution in [0.3, 0.4) is 0 Å². The van der Waals surface area contributed by atoms with Gasteiger partial charge in [0.1, 0.15) is 5.44 Å². The van der Waals surface area contributed by atoms with Crippen molar-refractivity contribution in [1.29, 1.82) is 0 Å². The van der Waals surface area contributed by atoms with Crippen LogP contribution in [-0.4, -0.2) is 11.4 Å². The molecule has 0 aliphatic rings. The molecule has 0 aromatic carbocycles. The summed E-state index contributed by atoms with van der Waals surface area (Å²) in [7, 11) is 0. The van der Waals surface area contributed by atoms with Crippen LogP contribution in [0.5, 0.6) is 0 Å². The van der Waals surface area contributed by atoms with Crippen molar-refractivity contribution in [2.75, 3.05) is 0 Å². The van der Waals surface area contributed by atoms with Crippen LogP contribution in [0.2, 0.25) is 0 Å². The number of carbonyl (C=O) groups is 1. The number of hydrogen-bond acceptors (Lipinski definition) is 3. The topological polar surface area (TPSA) is 26.3 Å². The lowest BCUT2D eigenvalue weighted by atomic mass is 9.83. The minimum atomic E-state index is -0.313. The first kappa shape index (κ1) is 19.6. The Hall–Kier alpha value is -0.440. The fraction of sp³-hybridized carbons (Fsp3) is 0.824. The minimum absolute atomic E-state index is 0.136. The predicted molar refractivity (Wildman–Crippen MR) is 90.0 cm³/mol. The van der Waals surface area contributed by atoms with Gasteiger partial charge in [-0.3, -0.25) is 4.79 Å². The van der Waals surface area contributed by atoms with Gasteiger partial charge in [-0.2, -0.15) is 0 Å². The Balaban J connectivity index is 4.07. The molecule has 0 heterocycles. The fourth-order valence-corrected chi connectivity index (χ4v) is 1.98. The lowest BCUT2D eigenvalue weighted by Gasteiger charge is -2.23. The van der Waals surface area contributed by atoms with E-state index in [9.17, 15) is 4.79 Å². The summed E-state index contributed by atoms with van der Waals surface area (Å²) in [6.45, 7) is 13.0. The molecule has 1 unspecified atom stereocenters. The van der Waals surface area contributed by atoms with Crippen molar-refractivity contribution in [3.8, 4) is 0 Å². The summed E-state index contributed by atoms with van der Waals surface area (Å²) in [5.74, 6) is -0.153. The van der Waals surface area contributed by atoms with Crippen LogP contribution in [-0.2, 0) is 9.53 Å². The molecule has 1 atom stereocenters. The second-order valence-corrected chi connectivity index (χ2v) is 7.78. The molecular formula is C17H32O2S. The first-order valence-electron chi connectivity index (χ1n) is 7.63. The number of hydrogen-bond donors (Lipinski definition) is 1. The highest BCUT2D eigenvalue weighted by Gasteiger charge is 2.17. The quantitative estimate of drug-likeness (QED) is 0.268. The standard InChI is InChI=1S/C17H32O2S/c1-7-16(3,4)12-9-13-17(5,6)11-8-10-15(18)19-14(2)20/h9,13-14,20H,7-8,10-12H2,1-6H3. The maximum absolute atomic E-state index is 11.4. The van der Waals surface area contributed by atoms with Gasteiger partial charge in [0.15, 0.2) is 0 Å². The third-order valence-corrected chi connectivity index (χ3v) is 3.81. The summed E-state index contributed by atoms with van der Waals surface area (Å²) < 4.78 is 5.01. The largest absolute Gasteiger partial charge is 0.452 e. The lowest BCUT2D eigenvalue weighted by molar-refractivity contribution is -0.144. The van der Waals surface area contributed by atoms with E-state index in [1.165, 1.54) is 6.42 Å². The zero-order chi connectivity index (χ0) is 15.8. The van der Waals surface area contributed by atoms with Crippen LogP contribution in [0.1, 0.15) is 73.6 Å². The molecule has 20 heavy (non-hydrogen) atoms. The molecule has 0 aliphatic carbocycles. The number of allylic oxidation sites excluding steroid dienone is 2. The highest BCUT2D eigenvalue weighted by atomic mass is 32.1. The normalized spacial score (nSPS) is 14.6. The first-order chi connectivity index (χ1) is 9.08. The number of ether oxygens (including phenoxy) is 1. The summed E-state index contributed by atoms with van der Waals surface area (Å²) >= 11 is 4.04. The van der Waals surface area contributed by atoms with Crippen LogP contribution in [0.25, 0.3) is 0 Å². The van der Waals surface area contributed by atoms with Crippen LogP contribution in [0.15, 0.2) is 12.2 Å². The number of thiol groups is 1. The molecule has 3 heteroatoms. The van der Waals surface area contributed by atoms with Gasteiger partial charge in [-0.05, 0) is 37.0 Å². The number of carbonyl (C=O) groups excluding carboxylic acids is 1. The molecule has 0 aromatic rings. The maximum atomic E-state index is 11.4. The molecule has 0 rings (SSSR count). The van der Waals surface area contributed by atoms with Crippen LogP contribution >= 0.6 is 12.6 Å². The second kappa shape index (κ2) is 8.76. The number of rotatable bonds is 9. The third kappa shape index (κ3) is 10.4. The van der Waals surface area contributed by atoms with Gasteiger partial charge in [0, 0.05) is 6.42 Å². The van der Waals surface area contributed by atoms with Gasteiger partial charge >= 0.3 is 5.97 Å². The van der Waals surface area contributed by atoms with Crippen molar-refractivity contribution < 1.29 is 9.53 Å². The summed E-state index contributed by atoms with van der Waals surface area (Å²) in [4.78, 5) is 11.4. The van der Waals surface area contributed by atoms with E-state index in [1.54, 1.807) is 6.92 Å². The summed E-state index contributed by atoms with van der Waals surface area (Å²) in [6.07, 6.45) is 9.19. The smallest absolute Gasteiger partial charge is 0.306 e. The van der Waals surface area contributed by atoms with E-state index in [-0.39, 0.29) is 16.8 Å². The van der Waals surface area contributed by atoms with Crippen molar-refractivity contribution in [2.24, 2.45) is 10.8 Å². The van der Waals surface area contributed by atoms with E-state index >= 15 is 0 Å². The van der Waals surface area contributed by atoms with Gasteiger partial charge in [0.05, 0.1) is 0 Å². The van der Waals surface area contributed by atoms with E-state index in [4.69, 9.17) is 4.74 Å². The fourth-order valence-electron chi connectivity index (χ4n) is 1.86. The average molecular weight is 301 g/mol. The molecule has 0 N–H and O–H groups in total. The van der Waals surface area contributed by atoms with Gasteiger partial charge in [-0.1, -0.05) is 53.2 Å². The zero-order valence-corrected chi connectivity index (χ0v) is 14.9. The maximum Gasteiger partial charge on any atom is 0.306 e. The van der Waals surface area contributed by atoms with Crippen LogP contribution in [0.4, 0.5) is 0 Å². The van der Waals surface area contributed by atoms with Crippen LogP contribution < -0.4 is 0 Å². The molecule has 0 saturated carbocycles. The van der Waals surface area contributed by atoms with E-state index in [0.717, 1.165) is 19.3 Å². The van der Waals surface area contributed by atoms with Gasteiger partial charge in [-0.15, -0.1) is 12.6 Å². The van der Waals surface area contributed by atoms with Crippen LogP contribution in [0, 0.1) is 10.8 Å². The average Bonchev–Trinajstić information content (AvgIpc) is 2.27. The van der Waals surface area contributed by atoms with Crippen molar-refractivity contribution in [3.05, 3.63) is 12.2 Å². The van der Waals surface area contributed by atoms with E-state index < -0.39 is 0 Å². The third-order valence-electron chi connectivity index (χ3n) is 3.70. The second-order valence-electron chi connectivity index (χ2n) is 7.06. The Morgan fingerprint density at radius 3 is 2.40 bits per heavy atom. The lowest BCUT2D eigenvalue weighted by Crippen LogP contribution is -2.13. The molecule has 2 nitrogen and oxygen atoms in total. The Bertz CT molecular complexity index is 317. The molecule has 0 spiro atoms. The Labute approximate surface area is 130 Å². The van der Waals surface area contributed by atoms with Crippen molar-refractivity contribution >= 4 is 18.6 Å². The van der Waals surface area contributed by atoms with Gasteiger partial charge in [0.2, 0.25) is 0 Å². The molecule has 0 amide bonds. The Morgan fingerprint density at radius 1 is 1.30 bits per heavy atom. The highest BCUT2D eigenvalue weighted by Crippen LogP contribution is 2.29. The molecule has 0 radical (unpaired) electrons. The molecule has 0 fully saturated rings. The molecule has 0 bridgehead atoms. The van der Waals surface area contributed by atoms with E-state index in [1.807, 2.05) is 0 Å². The van der Waals surface area contributed by atoms with Crippen molar-refractivity contribution in [2.45, 2.75) is 79.1 Å². The monoisotopic (exact) mass is 300 g/mol. The molecule has 0 aliphatic heterocycles. The van der Waals surface area contributed by atoms with E-state index in [2.05, 4.69) is 59.4 Å². The molecule has 0 saturated heterocycles. The van der Waals surface area contributed by atoms with Gasteiger partial charge in [-0.25, -0.2) is 0 Å². The Kier molecular flexibility index (Phi) is 8.57. The molecule has 118 valence electrons. The summed E-state index contributed by atoms with van der Waals surface area (Å²) in [5.41, 5.74) is 0.196. The zero-order valence-electron chi connectivity index (χ0n) is 14.0. The van der Waals surface area contributed by atoms with Crippen molar-refractivity contribution in [3.63, 3.8) is 0 Å². The number of esters is 1. The summed E-state index contributed by atoms with van der Waals surface area (Å²) in [6, 6.07) is 0. The minimum Gasteiger partial charge on any atom is -0.452 e. The highest BCUT2D eigenvalue weighted by molar-refractivity contribution is 7.80. The van der Waals surface area contributed by atoms with Crippen molar-refractivity contribution in [1.82, 2.24) is 0 Å². The molecular weight excluding hydrogens is 268 g/mol. The first-order valence-corrected chi connectivity index (χ1v) is 8.15. The van der Waals surface area contributed by atoms with E-state index in [0.29, 0.717) is 11.8 Å². The summed E-state index contributed by atoms with van der Waals surface area (Å²) in [5, 5.41) is 0. The SMILES string of the molecule is CCC(C)(C)CC=CC(C)(C)CCCC(=O)OC(C)S. The van der Waals surface area contributed by atoms with Gasteiger partial charge < -0.3 is 4.74 Å².